The van der Waals surface area contributed by atoms with Gasteiger partial charge in [0.05, 0.1) is 11.4 Å². The Balaban J connectivity index is 2.43. The zero-order valence-electron chi connectivity index (χ0n) is 12.2. The summed E-state index contributed by atoms with van der Waals surface area (Å²) in [6.45, 7) is 5.74. The van der Waals surface area contributed by atoms with Crippen molar-refractivity contribution in [2.75, 3.05) is 0 Å². The van der Waals surface area contributed by atoms with E-state index in [9.17, 15) is 4.79 Å². The fraction of sp³-hybridized carbons (Fsp3) is 0.294. The third-order valence-electron chi connectivity index (χ3n) is 3.34. The van der Waals surface area contributed by atoms with Crippen molar-refractivity contribution in [3.63, 3.8) is 0 Å². The van der Waals surface area contributed by atoms with Crippen LogP contribution in [0.1, 0.15) is 42.4 Å². The molecule has 1 heterocycles. The van der Waals surface area contributed by atoms with Gasteiger partial charge in [-0.15, -0.1) is 0 Å². The lowest BCUT2D eigenvalue weighted by Gasteiger charge is -2.04. The third-order valence-corrected chi connectivity index (χ3v) is 3.34. The smallest absolute Gasteiger partial charge is 0.176 e. The Kier molecular flexibility index (Phi) is 4.51. The van der Waals surface area contributed by atoms with Crippen molar-refractivity contribution >= 4 is 11.5 Å². The summed E-state index contributed by atoms with van der Waals surface area (Å²) in [6.07, 6.45) is 1.85. The number of H-pyrrole nitrogens is 1. The highest BCUT2D eigenvalue weighted by atomic mass is 16.1. The summed E-state index contributed by atoms with van der Waals surface area (Å²) in [6, 6.07) is 12.0. The van der Waals surface area contributed by atoms with Crippen molar-refractivity contribution in [3.05, 3.63) is 58.7 Å². The molecule has 1 aromatic heterocycles. The maximum atomic E-state index is 11.6. The maximum Gasteiger partial charge on any atom is 0.176 e. The van der Waals surface area contributed by atoms with Crippen molar-refractivity contribution in [2.24, 2.45) is 4.99 Å². The van der Waals surface area contributed by atoms with Crippen LogP contribution in [0.25, 0.3) is 0 Å². The molecule has 20 heavy (non-hydrogen) atoms. The van der Waals surface area contributed by atoms with E-state index in [1.807, 2.05) is 31.2 Å². The monoisotopic (exact) mass is 268 g/mol. The molecule has 0 fully saturated rings. The van der Waals surface area contributed by atoms with Gasteiger partial charge in [-0.3, -0.25) is 4.79 Å². The minimum atomic E-state index is 0.0419. The SMILES string of the molecule is CCc1ccc(N=c2ccc(CC)c(C(C)=O)[nH]2)cc1. The van der Waals surface area contributed by atoms with E-state index >= 15 is 0 Å². The molecule has 3 nitrogen and oxygen atoms in total. The highest BCUT2D eigenvalue weighted by Gasteiger charge is 2.05. The normalized spacial score (nSPS) is 11.7. The molecule has 2 rings (SSSR count). The highest BCUT2D eigenvalue weighted by molar-refractivity contribution is 5.93. The van der Waals surface area contributed by atoms with Crippen LogP contribution in [0.3, 0.4) is 0 Å². The first-order chi connectivity index (χ1) is 9.63. The van der Waals surface area contributed by atoms with E-state index in [1.165, 1.54) is 5.56 Å². The van der Waals surface area contributed by atoms with Gasteiger partial charge in [0, 0.05) is 6.92 Å². The standard InChI is InChI=1S/C17H20N2O/c1-4-13-6-9-15(10-7-13)18-16-11-8-14(5-2)17(19-16)12(3)20/h6-11H,4-5H2,1-3H3,(H,18,19). The number of benzene rings is 1. The van der Waals surface area contributed by atoms with E-state index < -0.39 is 0 Å². The second-order valence-corrected chi connectivity index (χ2v) is 4.79. The molecule has 0 unspecified atom stereocenters. The van der Waals surface area contributed by atoms with E-state index in [1.54, 1.807) is 6.92 Å². The molecule has 0 saturated carbocycles. The van der Waals surface area contributed by atoms with Gasteiger partial charge in [0.15, 0.2) is 5.78 Å². The molecule has 0 spiro atoms. The first-order valence-electron chi connectivity index (χ1n) is 7.00. The van der Waals surface area contributed by atoms with Gasteiger partial charge in [0.1, 0.15) is 5.49 Å². The topological polar surface area (TPSA) is 45.2 Å². The number of rotatable bonds is 4. The molecular weight excluding hydrogens is 248 g/mol. The van der Waals surface area contributed by atoms with Gasteiger partial charge in [-0.25, -0.2) is 4.99 Å². The van der Waals surface area contributed by atoms with Crippen molar-refractivity contribution in [2.45, 2.75) is 33.6 Å². The number of hydrogen-bond donors (Lipinski definition) is 1. The van der Waals surface area contributed by atoms with Crippen LogP contribution >= 0.6 is 0 Å². The minimum absolute atomic E-state index is 0.0419. The molecule has 104 valence electrons. The van der Waals surface area contributed by atoms with Crippen molar-refractivity contribution in [3.8, 4) is 0 Å². The number of Topliss-reactive ketones (excluding diaryl/α,β-unsaturated/α-hetero) is 1. The van der Waals surface area contributed by atoms with Crippen LogP contribution in [0.15, 0.2) is 41.4 Å². The Morgan fingerprint density at radius 3 is 2.30 bits per heavy atom. The average Bonchev–Trinajstić information content (AvgIpc) is 2.48. The lowest BCUT2D eigenvalue weighted by atomic mass is 10.1. The Morgan fingerprint density at radius 1 is 1.05 bits per heavy atom. The maximum absolute atomic E-state index is 11.6. The predicted molar refractivity (Wildman–Crippen MR) is 81.2 cm³/mol. The Labute approximate surface area is 119 Å². The van der Waals surface area contributed by atoms with Crippen molar-refractivity contribution in [1.82, 2.24) is 4.98 Å². The molecule has 0 aliphatic rings. The van der Waals surface area contributed by atoms with Gasteiger partial charge in [0.25, 0.3) is 0 Å². The van der Waals surface area contributed by atoms with Gasteiger partial charge >= 0.3 is 0 Å². The molecule has 1 N–H and O–H groups in total. The molecule has 1 aromatic carbocycles. The second kappa shape index (κ2) is 6.33. The Bertz CT molecular complexity index is 666. The lowest BCUT2D eigenvalue weighted by Crippen LogP contribution is -2.14. The zero-order chi connectivity index (χ0) is 14.5. The van der Waals surface area contributed by atoms with Crippen LogP contribution in [0.4, 0.5) is 5.69 Å². The number of carbonyl (C=O) groups excluding carboxylic acids is 1. The van der Waals surface area contributed by atoms with E-state index in [0.29, 0.717) is 11.2 Å². The average molecular weight is 268 g/mol. The van der Waals surface area contributed by atoms with Gasteiger partial charge in [0.2, 0.25) is 0 Å². The summed E-state index contributed by atoms with van der Waals surface area (Å²) in [4.78, 5) is 19.3. The van der Waals surface area contributed by atoms with Gasteiger partial charge in [-0.1, -0.05) is 32.0 Å². The van der Waals surface area contributed by atoms with E-state index in [4.69, 9.17) is 0 Å². The number of pyridine rings is 1. The molecule has 0 radical (unpaired) electrons. The molecule has 0 bridgehead atoms. The van der Waals surface area contributed by atoms with Crippen LogP contribution < -0.4 is 5.49 Å². The summed E-state index contributed by atoms with van der Waals surface area (Å²) in [5.74, 6) is 0.0419. The minimum Gasteiger partial charge on any atom is -0.337 e. The molecule has 0 saturated heterocycles. The predicted octanol–water partition coefficient (Wildman–Crippen LogP) is 3.57. The first-order valence-corrected chi connectivity index (χ1v) is 7.00. The summed E-state index contributed by atoms with van der Waals surface area (Å²) >= 11 is 0. The third kappa shape index (κ3) is 3.23. The van der Waals surface area contributed by atoms with Crippen LogP contribution in [0.2, 0.25) is 0 Å². The number of ketones is 1. The number of nitrogens with one attached hydrogen (secondary N) is 1. The van der Waals surface area contributed by atoms with Crippen molar-refractivity contribution < 1.29 is 4.79 Å². The molecule has 0 amide bonds. The molecule has 2 aromatic rings. The number of aromatic nitrogens is 1. The molecule has 3 heteroatoms. The van der Waals surface area contributed by atoms with Gasteiger partial charge < -0.3 is 4.98 Å². The molecule has 0 aliphatic heterocycles. The summed E-state index contributed by atoms with van der Waals surface area (Å²) < 4.78 is 0. The fourth-order valence-corrected chi connectivity index (χ4v) is 2.13. The van der Waals surface area contributed by atoms with Crippen LogP contribution in [0, 0.1) is 0 Å². The lowest BCUT2D eigenvalue weighted by molar-refractivity contribution is 0.101. The molecular formula is C17H20N2O. The zero-order valence-corrected chi connectivity index (χ0v) is 12.2. The van der Waals surface area contributed by atoms with E-state index in [-0.39, 0.29) is 5.78 Å². The summed E-state index contributed by atoms with van der Waals surface area (Å²) in [5.41, 5.74) is 4.56. The Hall–Kier alpha value is -2.16. The second-order valence-electron chi connectivity index (χ2n) is 4.79. The number of carbonyl (C=O) groups is 1. The molecule has 0 atom stereocenters. The van der Waals surface area contributed by atoms with Crippen LogP contribution in [-0.4, -0.2) is 10.8 Å². The number of aryl methyl sites for hydroxylation is 2. The van der Waals surface area contributed by atoms with E-state index in [0.717, 1.165) is 24.1 Å². The van der Waals surface area contributed by atoms with Gasteiger partial charge in [-0.2, -0.15) is 0 Å². The van der Waals surface area contributed by atoms with Crippen molar-refractivity contribution in [1.29, 1.82) is 0 Å². The fourth-order valence-electron chi connectivity index (χ4n) is 2.13. The Morgan fingerprint density at radius 2 is 1.75 bits per heavy atom. The molecule has 0 aliphatic carbocycles. The van der Waals surface area contributed by atoms with E-state index in [2.05, 4.69) is 29.0 Å². The number of aromatic amines is 1. The number of hydrogen-bond acceptors (Lipinski definition) is 2. The highest BCUT2D eigenvalue weighted by Crippen LogP contribution is 2.12. The van der Waals surface area contributed by atoms with Crippen LogP contribution in [-0.2, 0) is 12.8 Å². The summed E-state index contributed by atoms with van der Waals surface area (Å²) in [5, 5.41) is 0. The quantitative estimate of drug-likeness (QED) is 0.846. The van der Waals surface area contributed by atoms with Gasteiger partial charge in [-0.05, 0) is 42.2 Å². The number of nitrogens with zero attached hydrogens (tertiary/aromatic N) is 1. The largest absolute Gasteiger partial charge is 0.337 e. The van der Waals surface area contributed by atoms with Crippen LogP contribution in [0.5, 0.6) is 0 Å². The first kappa shape index (κ1) is 14.3. The summed E-state index contributed by atoms with van der Waals surface area (Å²) in [7, 11) is 0.